The van der Waals surface area contributed by atoms with Gasteiger partial charge in [-0.15, -0.1) is 13.2 Å². The lowest BCUT2D eigenvalue weighted by Gasteiger charge is -2.24. The van der Waals surface area contributed by atoms with Crippen molar-refractivity contribution in [2.24, 2.45) is 5.73 Å². The van der Waals surface area contributed by atoms with Gasteiger partial charge in [0.25, 0.3) is 0 Å². The Morgan fingerprint density at radius 2 is 1.85 bits per heavy atom. The third-order valence-electron chi connectivity index (χ3n) is 1.81. The Bertz CT molecular complexity index is 180. The van der Waals surface area contributed by atoms with Gasteiger partial charge < -0.3 is 5.73 Å². The highest BCUT2D eigenvalue weighted by atomic mass is 15.1. The van der Waals surface area contributed by atoms with Crippen LogP contribution in [-0.4, -0.2) is 24.0 Å². The van der Waals surface area contributed by atoms with Crippen LogP contribution in [0, 0.1) is 0 Å². The molecule has 0 fully saturated rings. The van der Waals surface area contributed by atoms with E-state index < -0.39 is 0 Å². The summed E-state index contributed by atoms with van der Waals surface area (Å²) >= 11 is 0. The molecule has 0 amide bonds. The Kier molecular flexibility index (Phi) is 5.98. The first-order valence-electron chi connectivity index (χ1n) is 4.51. The van der Waals surface area contributed by atoms with Gasteiger partial charge in [-0.1, -0.05) is 12.2 Å². The van der Waals surface area contributed by atoms with Crippen LogP contribution in [0.25, 0.3) is 0 Å². The smallest absolute Gasteiger partial charge is 0.0275 e. The molecule has 0 heterocycles. The van der Waals surface area contributed by atoms with Gasteiger partial charge in [-0.3, -0.25) is 4.90 Å². The van der Waals surface area contributed by atoms with E-state index >= 15 is 0 Å². The zero-order valence-corrected chi connectivity index (χ0v) is 8.66. The molecule has 0 saturated heterocycles. The first-order valence-corrected chi connectivity index (χ1v) is 4.51. The molecular formula is C11H20N2. The Hall–Kier alpha value is -1.02. The summed E-state index contributed by atoms with van der Waals surface area (Å²) in [6.07, 6.45) is 5.81. The van der Waals surface area contributed by atoms with Crippen LogP contribution in [-0.2, 0) is 0 Å². The molecule has 74 valence electrons. The number of nitrogens with zero attached hydrogens (tertiary/aromatic N) is 1. The van der Waals surface area contributed by atoms with E-state index in [1.807, 2.05) is 25.2 Å². The average molecular weight is 180 g/mol. The molecule has 2 N–H and O–H groups in total. The second kappa shape index (κ2) is 6.49. The van der Waals surface area contributed by atoms with E-state index in [4.69, 9.17) is 5.73 Å². The van der Waals surface area contributed by atoms with Crippen molar-refractivity contribution in [2.75, 3.05) is 13.1 Å². The van der Waals surface area contributed by atoms with Gasteiger partial charge in [0.05, 0.1) is 0 Å². The molecule has 0 saturated carbocycles. The molecule has 0 aliphatic rings. The summed E-state index contributed by atoms with van der Waals surface area (Å²) < 4.78 is 0. The lowest BCUT2D eigenvalue weighted by atomic mass is 10.2. The molecule has 2 nitrogen and oxygen atoms in total. The van der Waals surface area contributed by atoms with E-state index in [-0.39, 0.29) is 0 Å². The van der Waals surface area contributed by atoms with Crippen LogP contribution in [0.3, 0.4) is 0 Å². The van der Waals surface area contributed by atoms with Crippen molar-refractivity contribution in [1.29, 1.82) is 0 Å². The lowest BCUT2D eigenvalue weighted by molar-refractivity contribution is 0.296. The maximum atomic E-state index is 5.61. The third kappa shape index (κ3) is 5.26. The molecule has 1 atom stereocenters. The maximum absolute atomic E-state index is 5.61. The minimum absolute atomic E-state index is 0.334. The number of nitrogens with two attached hydrogens (primary N) is 1. The van der Waals surface area contributed by atoms with Crippen LogP contribution < -0.4 is 5.73 Å². The summed E-state index contributed by atoms with van der Waals surface area (Å²) in [6, 6.07) is 0.334. The van der Waals surface area contributed by atoms with Crippen LogP contribution >= 0.6 is 0 Å². The topological polar surface area (TPSA) is 29.3 Å². The van der Waals surface area contributed by atoms with Crippen molar-refractivity contribution in [3.05, 3.63) is 37.1 Å². The molecule has 0 aromatic carbocycles. The van der Waals surface area contributed by atoms with Crippen LogP contribution in [0.1, 0.15) is 13.8 Å². The summed E-state index contributed by atoms with van der Waals surface area (Å²) in [7, 11) is 0. The fourth-order valence-corrected chi connectivity index (χ4v) is 1.22. The Morgan fingerprint density at radius 1 is 1.38 bits per heavy atom. The Morgan fingerprint density at radius 3 is 2.15 bits per heavy atom. The van der Waals surface area contributed by atoms with E-state index in [2.05, 4.69) is 25.0 Å². The SMILES string of the molecule is C=CCN(CC=C)C(C)C=C(C)N. The van der Waals surface area contributed by atoms with E-state index in [9.17, 15) is 0 Å². The normalized spacial score (nSPS) is 14.2. The summed E-state index contributed by atoms with van der Waals surface area (Å²) in [5.74, 6) is 0. The molecule has 0 rings (SSSR count). The van der Waals surface area contributed by atoms with Crippen LogP contribution in [0.15, 0.2) is 37.1 Å². The van der Waals surface area contributed by atoms with Crippen molar-refractivity contribution in [2.45, 2.75) is 19.9 Å². The van der Waals surface area contributed by atoms with Crippen molar-refractivity contribution < 1.29 is 0 Å². The predicted molar refractivity (Wildman–Crippen MR) is 59.4 cm³/mol. The highest BCUT2D eigenvalue weighted by molar-refractivity contribution is 5.00. The first-order chi connectivity index (χ1) is 6.11. The van der Waals surface area contributed by atoms with Gasteiger partial charge in [0.2, 0.25) is 0 Å². The number of rotatable bonds is 6. The average Bonchev–Trinajstić information content (AvgIpc) is 2.02. The maximum Gasteiger partial charge on any atom is 0.0275 e. The third-order valence-corrected chi connectivity index (χ3v) is 1.81. The first kappa shape index (κ1) is 12.0. The highest BCUT2D eigenvalue weighted by Gasteiger charge is 2.07. The van der Waals surface area contributed by atoms with Crippen LogP contribution in [0.2, 0.25) is 0 Å². The molecule has 2 heteroatoms. The summed E-state index contributed by atoms with van der Waals surface area (Å²) in [4.78, 5) is 2.23. The minimum atomic E-state index is 0.334. The van der Waals surface area contributed by atoms with E-state index in [1.165, 1.54) is 0 Å². The molecule has 0 aliphatic carbocycles. The van der Waals surface area contributed by atoms with Crippen molar-refractivity contribution in [1.82, 2.24) is 4.90 Å². The number of allylic oxidation sites excluding steroid dienone is 1. The number of hydrogen-bond acceptors (Lipinski definition) is 2. The minimum Gasteiger partial charge on any atom is -0.402 e. The largest absolute Gasteiger partial charge is 0.402 e. The van der Waals surface area contributed by atoms with E-state index in [0.29, 0.717) is 6.04 Å². The van der Waals surface area contributed by atoms with Gasteiger partial charge in [0.1, 0.15) is 0 Å². The Balaban J connectivity index is 4.25. The van der Waals surface area contributed by atoms with Crippen molar-refractivity contribution in [3.63, 3.8) is 0 Å². The molecule has 0 aliphatic heterocycles. The van der Waals surface area contributed by atoms with Gasteiger partial charge in [-0.05, 0) is 19.9 Å². The Labute approximate surface area is 81.4 Å². The zero-order valence-electron chi connectivity index (χ0n) is 8.66. The highest BCUT2D eigenvalue weighted by Crippen LogP contribution is 2.02. The molecular weight excluding hydrogens is 160 g/mol. The molecule has 0 bridgehead atoms. The molecule has 1 unspecified atom stereocenters. The monoisotopic (exact) mass is 180 g/mol. The summed E-state index contributed by atoms with van der Waals surface area (Å²) in [5.41, 5.74) is 6.46. The second-order valence-corrected chi connectivity index (χ2v) is 3.18. The molecule has 13 heavy (non-hydrogen) atoms. The fourth-order valence-electron chi connectivity index (χ4n) is 1.22. The standard InChI is InChI=1S/C11H20N2/c1-5-7-13(8-6-2)11(4)9-10(3)12/h5-6,9,11H,1-2,7-8,12H2,3-4H3. The molecule has 0 aromatic heterocycles. The second-order valence-electron chi connectivity index (χ2n) is 3.18. The van der Waals surface area contributed by atoms with Gasteiger partial charge in [-0.25, -0.2) is 0 Å². The molecule has 0 radical (unpaired) electrons. The molecule has 0 spiro atoms. The van der Waals surface area contributed by atoms with Crippen LogP contribution in [0.5, 0.6) is 0 Å². The number of hydrogen-bond donors (Lipinski definition) is 1. The van der Waals surface area contributed by atoms with Gasteiger partial charge >= 0.3 is 0 Å². The van der Waals surface area contributed by atoms with Gasteiger partial charge in [0, 0.05) is 24.8 Å². The van der Waals surface area contributed by atoms with Gasteiger partial charge in [-0.2, -0.15) is 0 Å². The van der Waals surface area contributed by atoms with Crippen LogP contribution in [0.4, 0.5) is 0 Å². The predicted octanol–water partition coefficient (Wildman–Crippen LogP) is 1.91. The zero-order chi connectivity index (χ0) is 10.3. The van der Waals surface area contributed by atoms with E-state index in [0.717, 1.165) is 18.8 Å². The van der Waals surface area contributed by atoms with Crippen molar-refractivity contribution in [3.8, 4) is 0 Å². The fraction of sp³-hybridized carbons (Fsp3) is 0.455. The molecule has 0 aromatic rings. The quantitative estimate of drug-likeness (QED) is 0.633. The van der Waals surface area contributed by atoms with Crippen molar-refractivity contribution >= 4 is 0 Å². The summed E-state index contributed by atoms with van der Waals surface area (Å²) in [5, 5.41) is 0. The lowest BCUT2D eigenvalue weighted by Crippen LogP contribution is -2.32. The van der Waals surface area contributed by atoms with E-state index in [1.54, 1.807) is 0 Å². The summed E-state index contributed by atoms with van der Waals surface area (Å²) in [6.45, 7) is 13.2. The van der Waals surface area contributed by atoms with Gasteiger partial charge in [0.15, 0.2) is 0 Å².